The van der Waals surface area contributed by atoms with Gasteiger partial charge in [0.25, 0.3) is 11.1 Å². The number of H-pyrrole nitrogens is 1. The topological polar surface area (TPSA) is 124 Å². The molecule has 2 N–H and O–H groups in total. The lowest BCUT2D eigenvalue weighted by Gasteiger charge is -2.10. The largest absolute Gasteiger partial charge is 0.497 e. The maximum absolute atomic E-state index is 13.0. The van der Waals surface area contributed by atoms with Crippen molar-refractivity contribution in [3.63, 3.8) is 0 Å². The van der Waals surface area contributed by atoms with Gasteiger partial charge in [0.2, 0.25) is 5.88 Å². The Kier molecular flexibility index (Phi) is 5.57. The van der Waals surface area contributed by atoms with Crippen LogP contribution in [-0.4, -0.2) is 37.3 Å². The second-order valence-electron chi connectivity index (χ2n) is 7.20. The van der Waals surface area contributed by atoms with Crippen LogP contribution in [0.2, 0.25) is 0 Å². The fourth-order valence-electron chi connectivity index (χ4n) is 3.48. The second kappa shape index (κ2) is 8.50. The summed E-state index contributed by atoms with van der Waals surface area (Å²) in [5.74, 6) is -0.153. The fourth-order valence-corrected chi connectivity index (χ4v) is 3.48. The fraction of sp³-hybridized carbons (Fsp3) is 0.130. The smallest absolute Gasteiger partial charge is 0.335 e. The third-order valence-corrected chi connectivity index (χ3v) is 5.28. The van der Waals surface area contributed by atoms with Crippen LogP contribution in [0.3, 0.4) is 0 Å². The molecule has 10 heteroatoms. The van der Waals surface area contributed by atoms with Crippen LogP contribution in [0, 0.1) is 6.92 Å². The Morgan fingerprint density at radius 2 is 1.73 bits per heavy atom. The number of nitrogens with zero attached hydrogens (tertiary/aromatic N) is 4. The molecule has 0 spiro atoms. The van der Waals surface area contributed by atoms with Crippen molar-refractivity contribution < 1.29 is 9.84 Å². The van der Waals surface area contributed by atoms with Crippen molar-refractivity contribution in [1.29, 1.82) is 0 Å². The zero-order chi connectivity index (χ0) is 23.7. The number of nitrogens with one attached hydrogen (secondary N) is 1. The first-order valence-electron chi connectivity index (χ1n) is 9.94. The molecule has 0 radical (unpaired) electrons. The van der Waals surface area contributed by atoms with Crippen molar-refractivity contribution >= 4 is 11.9 Å². The minimum Gasteiger partial charge on any atom is -0.497 e. The summed E-state index contributed by atoms with van der Waals surface area (Å²) in [6, 6.07) is 15.5. The van der Waals surface area contributed by atoms with Gasteiger partial charge in [0, 0.05) is 19.3 Å². The summed E-state index contributed by atoms with van der Waals surface area (Å²) in [6.45, 7) is 1.72. The number of benzene rings is 2. The van der Waals surface area contributed by atoms with E-state index in [4.69, 9.17) is 4.74 Å². The lowest BCUT2D eigenvalue weighted by molar-refractivity contribution is 0.412. The van der Waals surface area contributed by atoms with Gasteiger partial charge in [-0.25, -0.2) is 19.0 Å². The highest BCUT2D eigenvalue weighted by Crippen LogP contribution is 2.21. The van der Waals surface area contributed by atoms with Gasteiger partial charge in [-0.1, -0.05) is 24.3 Å². The normalized spacial score (nSPS) is 11.2. The SMILES string of the molecule is COc1cccc(-n2c(O)c(C=Nc3c(C)n(C)n(-c4ccccc4)c3=O)c(=O)[nH]c2=O)c1. The number of ether oxygens (including phenoxy) is 1. The molecule has 0 aliphatic rings. The number of aromatic nitrogens is 4. The van der Waals surface area contributed by atoms with Crippen molar-refractivity contribution in [2.75, 3.05) is 7.11 Å². The van der Waals surface area contributed by atoms with Gasteiger partial charge >= 0.3 is 5.69 Å². The van der Waals surface area contributed by atoms with Gasteiger partial charge in [0.1, 0.15) is 11.3 Å². The van der Waals surface area contributed by atoms with Gasteiger partial charge in [-0.05, 0) is 31.2 Å². The molecule has 0 fully saturated rings. The molecule has 2 aromatic heterocycles. The Labute approximate surface area is 187 Å². The third-order valence-electron chi connectivity index (χ3n) is 5.28. The highest BCUT2D eigenvalue weighted by atomic mass is 16.5. The van der Waals surface area contributed by atoms with E-state index in [9.17, 15) is 19.5 Å². The lowest BCUT2D eigenvalue weighted by atomic mass is 10.2. The van der Waals surface area contributed by atoms with Crippen molar-refractivity contribution in [3.05, 3.63) is 97.0 Å². The van der Waals surface area contributed by atoms with Crippen molar-refractivity contribution in [1.82, 2.24) is 18.9 Å². The van der Waals surface area contributed by atoms with Gasteiger partial charge < -0.3 is 9.84 Å². The van der Waals surface area contributed by atoms with E-state index >= 15 is 0 Å². The van der Waals surface area contributed by atoms with Crippen LogP contribution in [0.5, 0.6) is 11.6 Å². The molecule has 4 rings (SSSR count). The highest BCUT2D eigenvalue weighted by Gasteiger charge is 2.18. The predicted molar refractivity (Wildman–Crippen MR) is 124 cm³/mol. The first kappa shape index (κ1) is 21.6. The van der Waals surface area contributed by atoms with E-state index in [1.54, 1.807) is 49.0 Å². The second-order valence-corrected chi connectivity index (χ2v) is 7.20. The van der Waals surface area contributed by atoms with E-state index in [-0.39, 0.29) is 16.9 Å². The van der Waals surface area contributed by atoms with Crippen LogP contribution >= 0.6 is 0 Å². The quantitative estimate of drug-likeness (QED) is 0.452. The van der Waals surface area contributed by atoms with Crippen LogP contribution in [0.15, 0.2) is 74.0 Å². The number of aromatic amines is 1. The first-order valence-corrected chi connectivity index (χ1v) is 9.94. The Hall–Kier alpha value is -4.60. The molecule has 0 bridgehead atoms. The molecule has 2 heterocycles. The summed E-state index contributed by atoms with van der Waals surface area (Å²) in [4.78, 5) is 44.2. The molecule has 33 heavy (non-hydrogen) atoms. The van der Waals surface area contributed by atoms with Gasteiger partial charge in [0.05, 0.1) is 24.2 Å². The molecule has 0 saturated carbocycles. The lowest BCUT2D eigenvalue weighted by Crippen LogP contribution is -2.31. The van der Waals surface area contributed by atoms with E-state index in [2.05, 4.69) is 9.98 Å². The molecule has 2 aromatic carbocycles. The molecule has 0 atom stereocenters. The van der Waals surface area contributed by atoms with E-state index in [0.29, 0.717) is 17.1 Å². The summed E-state index contributed by atoms with van der Waals surface area (Å²) in [6.07, 6.45) is 1.07. The average Bonchev–Trinajstić information content (AvgIpc) is 3.02. The Bertz CT molecular complexity index is 1540. The molecule has 4 aromatic rings. The molecular weight excluding hydrogens is 426 g/mol. The van der Waals surface area contributed by atoms with Crippen molar-refractivity contribution in [2.45, 2.75) is 6.92 Å². The summed E-state index contributed by atoms with van der Waals surface area (Å²) in [7, 11) is 3.19. The number of para-hydroxylation sites is 1. The highest BCUT2D eigenvalue weighted by molar-refractivity contribution is 5.84. The molecule has 10 nitrogen and oxygen atoms in total. The molecule has 0 aliphatic carbocycles. The Morgan fingerprint density at radius 3 is 2.42 bits per heavy atom. The molecule has 168 valence electrons. The van der Waals surface area contributed by atoms with Gasteiger partial charge in [-0.3, -0.25) is 19.3 Å². The number of rotatable bonds is 5. The van der Waals surface area contributed by atoms with E-state index in [1.165, 1.54) is 17.9 Å². The predicted octanol–water partition coefficient (Wildman–Crippen LogP) is 1.79. The van der Waals surface area contributed by atoms with Crippen molar-refractivity contribution in [3.8, 4) is 23.0 Å². The van der Waals surface area contributed by atoms with Crippen LogP contribution in [0.1, 0.15) is 11.3 Å². The molecular formula is C23H21N5O5. The zero-order valence-electron chi connectivity index (χ0n) is 18.1. The maximum atomic E-state index is 13.0. The third kappa shape index (κ3) is 3.78. The van der Waals surface area contributed by atoms with E-state index in [1.807, 2.05) is 18.2 Å². The standard InChI is InChI=1S/C23H21N5O5/c1-14-19(22(31)28(26(14)2)15-8-5-4-6-9-15)24-13-18-20(29)25-23(32)27(21(18)30)16-10-7-11-17(12-16)33-3/h4-13,30H,1-3H3,(H,25,29,32). The van der Waals surface area contributed by atoms with E-state index < -0.39 is 22.7 Å². The molecule has 0 saturated heterocycles. The van der Waals surface area contributed by atoms with Crippen LogP contribution in [0.25, 0.3) is 11.4 Å². The number of aromatic hydroxyl groups is 1. The van der Waals surface area contributed by atoms with Crippen LogP contribution in [0.4, 0.5) is 5.69 Å². The average molecular weight is 447 g/mol. The van der Waals surface area contributed by atoms with Crippen molar-refractivity contribution in [2.24, 2.45) is 12.0 Å². The summed E-state index contributed by atoms with van der Waals surface area (Å²) in [5.41, 5.74) is -0.744. The van der Waals surface area contributed by atoms with Crippen LogP contribution in [-0.2, 0) is 7.05 Å². The minimum absolute atomic E-state index is 0.0966. The van der Waals surface area contributed by atoms with Gasteiger partial charge in [-0.2, -0.15) is 0 Å². The number of hydrogen-bond donors (Lipinski definition) is 2. The van der Waals surface area contributed by atoms with Crippen LogP contribution < -0.4 is 21.5 Å². The Morgan fingerprint density at radius 1 is 1.03 bits per heavy atom. The molecule has 0 unspecified atom stereocenters. The van der Waals surface area contributed by atoms with Gasteiger partial charge in [0.15, 0.2) is 5.69 Å². The molecule has 0 amide bonds. The van der Waals surface area contributed by atoms with Gasteiger partial charge in [-0.15, -0.1) is 0 Å². The summed E-state index contributed by atoms with van der Waals surface area (Å²) < 4.78 is 9.17. The number of methoxy groups -OCH3 is 1. The molecule has 0 aliphatic heterocycles. The summed E-state index contributed by atoms with van der Waals surface area (Å²) in [5, 5.41) is 10.7. The monoisotopic (exact) mass is 447 g/mol. The van der Waals surface area contributed by atoms with E-state index in [0.717, 1.165) is 10.8 Å². The number of hydrogen-bond acceptors (Lipinski definition) is 6. The first-order chi connectivity index (χ1) is 15.8. The minimum atomic E-state index is -0.836. The maximum Gasteiger partial charge on any atom is 0.335 e. The zero-order valence-corrected chi connectivity index (χ0v) is 18.1. The number of aliphatic imine (C=N–C) groups is 1. The summed E-state index contributed by atoms with van der Waals surface area (Å²) >= 11 is 0. The Balaban J connectivity index is 1.84.